The van der Waals surface area contributed by atoms with Gasteiger partial charge in [-0.25, -0.2) is 0 Å². The number of benzene rings is 1. The van der Waals surface area contributed by atoms with Gasteiger partial charge < -0.3 is 10.1 Å². The zero-order valence-corrected chi connectivity index (χ0v) is 17.5. The van der Waals surface area contributed by atoms with Crippen molar-refractivity contribution in [1.82, 2.24) is 5.32 Å². The largest absolute Gasteiger partial charge is 0.468 e. The maximum Gasteiger partial charge on any atom is 0.318 e. The number of hydrogen-bond donors (Lipinski definition) is 1. The minimum atomic E-state index is -0.942. The fourth-order valence-electron chi connectivity index (χ4n) is 4.22. The minimum absolute atomic E-state index is 0.0998. The van der Waals surface area contributed by atoms with E-state index in [1.165, 1.54) is 7.11 Å². The van der Waals surface area contributed by atoms with Crippen molar-refractivity contribution < 1.29 is 14.3 Å². The molecule has 2 aliphatic rings. The zero-order valence-electron chi connectivity index (χ0n) is 16.0. The maximum absolute atomic E-state index is 13.1. The van der Waals surface area contributed by atoms with Crippen LogP contribution in [0.5, 0.6) is 0 Å². The second-order valence-corrected chi connectivity index (χ2v) is 8.05. The highest BCUT2D eigenvalue weighted by atomic mass is 35.5. The van der Waals surface area contributed by atoms with Crippen LogP contribution in [0.25, 0.3) is 0 Å². The van der Waals surface area contributed by atoms with Crippen LogP contribution < -0.4 is 5.32 Å². The van der Waals surface area contributed by atoms with Gasteiger partial charge in [0.2, 0.25) is 5.91 Å². The predicted molar refractivity (Wildman–Crippen MR) is 111 cm³/mol. The lowest BCUT2D eigenvalue weighted by Crippen LogP contribution is -2.45. The van der Waals surface area contributed by atoms with Crippen molar-refractivity contribution in [2.24, 2.45) is 16.3 Å². The number of dihydropyridines is 1. The molecule has 28 heavy (non-hydrogen) atoms. The molecule has 2 atom stereocenters. The third-order valence-electron chi connectivity index (χ3n) is 5.66. The van der Waals surface area contributed by atoms with Gasteiger partial charge in [0, 0.05) is 6.42 Å². The first-order valence-corrected chi connectivity index (χ1v) is 10.3. The summed E-state index contributed by atoms with van der Waals surface area (Å²) in [5.41, 5.74) is -0.178. The smallest absolute Gasteiger partial charge is 0.318 e. The Bertz CT molecular complexity index is 831. The van der Waals surface area contributed by atoms with Gasteiger partial charge in [-0.3, -0.25) is 14.6 Å². The number of amides is 1. The van der Waals surface area contributed by atoms with E-state index in [2.05, 4.69) is 5.32 Å². The third-order valence-corrected chi connectivity index (χ3v) is 6.39. The van der Waals surface area contributed by atoms with Gasteiger partial charge in [-0.15, -0.1) is 0 Å². The Kier molecular flexibility index (Phi) is 6.46. The van der Waals surface area contributed by atoms with E-state index in [0.717, 1.165) is 31.2 Å². The molecular weight excluding hydrogens is 399 g/mol. The van der Waals surface area contributed by atoms with Crippen molar-refractivity contribution in [3.8, 4) is 0 Å². The summed E-state index contributed by atoms with van der Waals surface area (Å²) in [4.78, 5) is 29.8. The van der Waals surface area contributed by atoms with E-state index in [1.54, 1.807) is 25.1 Å². The molecule has 5 nitrogen and oxygen atoms in total. The predicted octanol–water partition coefficient (Wildman–Crippen LogP) is 4.88. The van der Waals surface area contributed by atoms with Crippen molar-refractivity contribution in [3.63, 3.8) is 0 Å². The van der Waals surface area contributed by atoms with Gasteiger partial charge >= 0.3 is 5.97 Å². The first-order valence-electron chi connectivity index (χ1n) is 9.52. The number of carbonyl (C=O) groups excluding carboxylic acids is 2. The molecule has 1 aliphatic heterocycles. The van der Waals surface area contributed by atoms with Crippen LogP contribution in [0, 0.1) is 11.3 Å². The first kappa shape index (κ1) is 20.9. The van der Waals surface area contributed by atoms with Gasteiger partial charge in [0.25, 0.3) is 0 Å². The SMILES string of the molecule is CCC(=O)NC1=N[C@H](c2ccc(Cl)c(Cl)c2)C(C(=O)OC)(C2CCCC2)C=C1. The number of aliphatic imine (C=N–C) groups is 1. The van der Waals surface area contributed by atoms with Crippen LogP contribution >= 0.6 is 23.2 Å². The molecule has 1 saturated carbocycles. The summed E-state index contributed by atoms with van der Waals surface area (Å²) in [6, 6.07) is 4.71. The molecule has 1 N–H and O–H groups in total. The fourth-order valence-corrected chi connectivity index (χ4v) is 4.53. The number of carbonyl (C=O) groups is 2. The highest BCUT2D eigenvalue weighted by molar-refractivity contribution is 6.42. The molecule has 0 bridgehead atoms. The standard InChI is InChI=1S/C21H24Cl2N2O3/c1-3-18(26)24-17-10-11-21(20(27)28-2,14-6-4-5-7-14)19(25-17)13-8-9-15(22)16(23)12-13/h8-12,14,19H,3-7H2,1-2H3,(H,24,25,26)/t19-,21?/m1/s1. The monoisotopic (exact) mass is 422 g/mol. The van der Waals surface area contributed by atoms with Crippen molar-refractivity contribution in [1.29, 1.82) is 0 Å². The molecule has 1 unspecified atom stereocenters. The van der Waals surface area contributed by atoms with Crippen molar-refractivity contribution in [3.05, 3.63) is 46.0 Å². The number of ether oxygens (including phenoxy) is 1. The molecule has 0 saturated heterocycles. The number of nitrogens with zero attached hydrogens (tertiary/aromatic N) is 1. The summed E-state index contributed by atoms with van der Waals surface area (Å²) in [7, 11) is 1.40. The Morgan fingerprint density at radius 2 is 1.96 bits per heavy atom. The second kappa shape index (κ2) is 8.66. The minimum Gasteiger partial charge on any atom is -0.468 e. The number of hydrogen-bond acceptors (Lipinski definition) is 4. The highest BCUT2D eigenvalue weighted by Crippen LogP contribution is 2.53. The first-order chi connectivity index (χ1) is 13.4. The van der Waals surface area contributed by atoms with E-state index < -0.39 is 11.5 Å². The second-order valence-electron chi connectivity index (χ2n) is 7.23. The lowest BCUT2D eigenvalue weighted by Gasteiger charge is -2.41. The Hall–Kier alpha value is -1.85. The number of methoxy groups -OCH3 is 1. The maximum atomic E-state index is 13.1. The van der Waals surface area contributed by atoms with Gasteiger partial charge in [0.15, 0.2) is 0 Å². The lowest BCUT2D eigenvalue weighted by molar-refractivity contribution is -0.154. The summed E-state index contributed by atoms with van der Waals surface area (Å²) in [5, 5.41) is 3.62. The molecule has 1 heterocycles. The van der Waals surface area contributed by atoms with Gasteiger partial charge in [-0.2, -0.15) is 0 Å². The molecule has 1 fully saturated rings. The Labute approximate surface area is 175 Å². The molecule has 0 spiro atoms. The summed E-state index contributed by atoms with van der Waals surface area (Å²) in [6.07, 6.45) is 7.89. The number of halogens is 2. The molecule has 1 aromatic rings. The zero-order chi connectivity index (χ0) is 20.3. The number of amidine groups is 1. The van der Waals surface area contributed by atoms with Crippen LogP contribution in [0.15, 0.2) is 35.3 Å². The molecule has 0 radical (unpaired) electrons. The van der Waals surface area contributed by atoms with Gasteiger partial charge in [0.05, 0.1) is 23.2 Å². The Morgan fingerprint density at radius 3 is 2.57 bits per heavy atom. The lowest BCUT2D eigenvalue weighted by atomic mass is 9.66. The van der Waals surface area contributed by atoms with E-state index in [9.17, 15) is 9.59 Å². The number of rotatable bonds is 4. The third kappa shape index (κ3) is 3.83. The van der Waals surface area contributed by atoms with Crippen LogP contribution in [-0.4, -0.2) is 24.8 Å². The molecule has 7 heteroatoms. The summed E-state index contributed by atoms with van der Waals surface area (Å²) >= 11 is 12.4. The van der Waals surface area contributed by atoms with E-state index in [4.69, 9.17) is 32.9 Å². The average Bonchev–Trinajstić information content (AvgIpc) is 3.24. The quantitative estimate of drug-likeness (QED) is 0.702. The van der Waals surface area contributed by atoms with Crippen molar-refractivity contribution in [2.45, 2.75) is 45.1 Å². The highest BCUT2D eigenvalue weighted by Gasteiger charge is 2.53. The Morgan fingerprint density at radius 1 is 1.25 bits per heavy atom. The summed E-state index contributed by atoms with van der Waals surface area (Å²) in [5.74, 6) is 0.0716. The molecule has 0 aromatic heterocycles. The molecule has 1 aromatic carbocycles. The molecule has 1 amide bonds. The summed E-state index contributed by atoms with van der Waals surface area (Å²) in [6.45, 7) is 1.77. The van der Waals surface area contributed by atoms with Crippen LogP contribution in [0.1, 0.15) is 50.6 Å². The normalized spacial score (nSPS) is 24.7. The molecule has 1 aliphatic carbocycles. The molecular formula is C21H24Cl2N2O3. The Balaban J connectivity index is 2.13. The van der Waals surface area contributed by atoms with Crippen molar-refractivity contribution >= 4 is 40.9 Å². The van der Waals surface area contributed by atoms with Crippen LogP contribution in [0.2, 0.25) is 10.0 Å². The topological polar surface area (TPSA) is 67.8 Å². The average molecular weight is 423 g/mol. The molecule has 3 rings (SSSR count). The van der Waals surface area contributed by atoms with Gasteiger partial charge in [-0.1, -0.05) is 55.1 Å². The van der Waals surface area contributed by atoms with Crippen LogP contribution in [0.3, 0.4) is 0 Å². The number of esters is 1. The van der Waals surface area contributed by atoms with E-state index in [1.807, 2.05) is 12.1 Å². The van der Waals surface area contributed by atoms with Crippen LogP contribution in [0.4, 0.5) is 0 Å². The molecule has 150 valence electrons. The van der Waals surface area contributed by atoms with Gasteiger partial charge in [0.1, 0.15) is 11.3 Å². The summed E-state index contributed by atoms with van der Waals surface area (Å²) < 4.78 is 5.24. The van der Waals surface area contributed by atoms with Gasteiger partial charge in [-0.05, 0) is 42.5 Å². The van der Waals surface area contributed by atoms with E-state index >= 15 is 0 Å². The number of nitrogens with one attached hydrogen (secondary N) is 1. The van der Waals surface area contributed by atoms with E-state index in [-0.39, 0.29) is 17.8 Å². The van der Waals surface area contributed by atoms with Crippen LogP contribution in [-0.2, 0) is 14.3 Å². The fraction of sp³-hybridized carbons (Fsp3) is 0.476. The van der Waals surface area contributed by atoms with E-state index in [0.29, 0.717) is 22.3 Å². The van der Waals surface area contributed by atoms with Crippen molar-refractivity contribution in [2.75, 3.05) is 7.11 Å².